The molecule has 10 heteroatoms. The Balaban J connectivity index is 1.97. The zero-order valence-corrected chi connectivity index (χ0v) is 20.2. The molecule has 1 aliphatic rings. The van der Waals surface area contributed by atoms with Crippen molar-refractivity contribution < 1.29 is 13.6 Å². The van der Waals surface area contributed by atoms with Crippen LogP contribution in [0.4, 0.5) is 36.5 Å². The largest absolute Gasteiger partial charge is 0.373 e. The van der Waals surface area contributed by atoms with E-state index in [1.54, 1.807) is 44.1 Å². The highest BCUT2D eigenvalue weighted by atomic mass is 35.5. The maximum absolute atomic E-state index is 15.6. The summed E-state index contributed by atoms with van der Waals surface area (Å²) >= 11 is 6.21. The molecule has 35 heavy (non-hydrogen) atoms. The molecule has 0 saturated heterocycles. The van der Waals surface area contributed by atoms with E-state index in [1.807, 2.05) is 6.07 Å². The normalized spacial score (nSPS) is 12.7. The van der Waals surface area contributed by atoms with Crippen LogP contribution >= 0.6 is 11.6 Å². The molecule has 4 rings (SSSR count). The molecular formula is C25H23ClF2N6O. The summed E-state index contributed by atoms with van der Waals surface area (Å²) in [5.41, 5.74) is 1.16. The molecule has 3 aromatic rings. The summed E-state index contributed by atoms with van der Waals surface area (Å²) < 4.78 is 31.2. The molecule has 0 aliphatic carbocycles. The third-order valence-corrected chi connectivity index (χ3v) is 6.06. The van der Waals surface area contributed by atoms with E-state index in [0.717, 1.165) is 4.90 Å². The predicted molar refractivity (Wildman–Crippen MR) is 134 cm³/mol. The number of halogens is 3. The van der Waals surface area contributed by atoms with Gasteiger partial charge in [-0.1, -0.05) is 17.7 Å². The van der Waals surface area contributed by atoms with Gasteiger partial charge in [0.15, 0.2) is 11.6 Å². The Bertz CT molecular complexity index is 1320. The first-order valence-electron chi connectivity index (χ1n) is 11.0. The number of nitrogens with one attached hydrogen (secondary N) is 1. The number of nitriles is 1. The maximum Gasteiger partial charge on any atom is 0.334 e. The molecule has 1 aromatic heterocycles. The highest BCUT2D eigenvalue weighted by molar-refractivity contribution is 6.31. The van der Waals surface area contributed by atoms with Crippen molar-refractivity contribution in [2.24, 2.45) is 0 Å². The SMILES string of the molecule is CCN1C(=O)N(c2c(F)cc(N(C)CCNC)cc2F)c2cc(C#N)ccc2-c2cc(Cl)cnc21. The molecular weight excluding hydrogens is 474 g/mol. The molecule has 0 spiro atoms. The van der Waals surface area contributed by atoms with Crippen LogP contribution in [0.15, 0.2) is 42.6 Å². The standard InChI is InChI=1S/C25H23ClF2N6O/c1-4-33-24-19(10-16(26)14-31-24)18-6-5-15(13-29)9-22(18)34(25(33)35)23-20(27)11-17(12-21(23)28)32(3)8-7-30-2/h5-6,9-12,14,30H,4,7-8H2,1-3H3. The minimum Gasteiger partial charge on any atom is -0.373 e. The molecule has 1 N–H and O–H groups in total. The van der Waals surface area contributed by atoms with Gasteiger partial charge in [-0.25, -0.2) is 18.6 Å². The van der Waals surface area contributed by atoms with Crippen LogP contribution in [0.5, 0.6) is 0 Å². The lowest BCUT2D eigenvalue weighted by Crippen LogP contribution is -2.41. The second kappa shape index (κ2) is 9.86. The van der Waals surface area contributed by atoms with Crippen LogP contribution < -0.4 is 20.0 Å². The van der Waals surface area contributed by atoms with Gasteiger partial charge in [0.2, 0.25) is 0 Å². The minimum absolute atomic E-state index is 0.157. The summed E-state index contributed by atoms with van der Waals surface area (Å²) in [6.45, 7) is 3.07. The summed E-state index contributed by atoms with van der Waals surface area (Å²) in [6, 6.07) is 9.98. The van der Waals surface area contributed by atoms with Crippen LogP contribution in [0, 0.1) is 23.0 Å². The lowest BCUT2D eigenvalue weighted by molar-refractivity contribution is 0.253. The fraction of sp³-hybridized carbons (Fsp3) is 0.240. The highest BCUT2D eigenvalue weighted by Gasteiger charge is 2.36. The number of pyridine rings is 1. The van der Waals surface area contributed by atoms with Crippen molar-refractivity contribution in [3.8, 4) is 17.2 Å². The number of benzene rings is 2. The number of amides is 2. The van der Waals surface area contributed by atoms with E-state index in [0.29, 0.717) is 40.7 Å². The third kappa shape index (κ3) is 4.38. The lowest BCUT2D eigenvalue weighted by atomic mass is 10.0. The summed E-state index contributed by atoms with van der Waals surface area (Å²) in [7, 11) is 3.51. The fourth-order valence-corrected chi connectivity index (χ4v) is 4.23. The van der Waals surface area contributed by atoms with Gasteiger partial charge < -0.3 is 10.2 Å². The van der Waals surface area contributed by atoms with E-state index in [2.05, 4.69) is 10.3 Å². The van der Waals surface area contributed by atoms with Crippen molar-refractivity contribution >= 4 is 40.5 Å². The third-order valence-electron chi connectivity index (χ3n) is 5.85. The fourth-order valence-electron chi connectivity index (χ4n) is 4.07. The smallest absolute Gasteiger partial charge is 0.334 e. The van der Waals surface area contributed by atoms with Gasteiger partial charge in [0.05, 0.1) is 22.3 Å². The molecule has 180 valence electrons. The summed E-state index contributed by atoms with van der Waals surface area (Å²) in [5, 5.41) is 12.8. The highest BCUT2D eigenvalue weighted by Crippen LogP contribution is 2.45. The van der Waals surface area contributed by atoms with E-state index >= 15 is 8.78 Å². The van der Waals surface area contributed by atoms with Crippen molar-refractivity contribution in [1.82, 2.24) is 10.3 Å². The zero-order chi connectivity index (χ0) is 25.3. The topological polar surface area (TPSA) is 75.5 Å². The van der Waals surface area contributed by atoms with Crippen molar-refractivity contribution in [1.29, 1.82) is 5.26 Å². The van der Waals surface area contributed by atoms with Crippen molar-refractivity contribution in [3.63, 3.8) is 0 Å². The summed E-state index contributed by atoms with van der Waals surface area (Å²) in [5.74, 6) is -1.52. The molecule has 0 radical (unpaired) electrons. The van der Waals surface area contributed by atoms with Gasteiger partial charge in [-0.05, 0) is 44.3 Å². The van der Waals surface area contributed by atoms with E-state index < -0.39 is 23.4 Å². The van der Waals surface area contributed by atoms with Crippen molar-refractivity contribution in [2.75, 3.05) is 48.4 Å². The first-order chi connectivity index (χ1) is 16.8. The van der Waals surface area contributed by atoms with Gasteiger partial charge in [0.1, 0.15) is 11.5 Å². The molecule has 2 amide bonds. The summed E-state index contributed by atoms with van der Waals surface area (Å²) in [4.78, 5) is 22.1. The van der Waals surface area contributed by atoms with E-state index in [9.17, 15) is 10.1 Å². The Morgan fingerprint density at radius 3 is 2.51 bits per heavy atom. The lowest BCUT2D eigenvalue weighted by Gasteiger charge is -2.29. The number of likely N-dealkylation sites (N-methyl/N-ethyl adjacent to an activating group) is 2. The Hall–Kier alpha value is -3.74. The number of carbonyl (C=O) groups excluding carboxylic acids is 1. The second-order valence-corrected chi connectivity index (χ2v) is 8.45. The Kier molecular flexibility index (Phi) is 6.87. The van der Waals surface area contributed by atoms with Gasteiger partial charge in [-0.3, -0.25) is 9.80 Å². The van der Waals surface area contributed by atoms with Crippen LogP contribution in [0.2, 0.25) is 5.02 Å². The van der Waals surface area contributed by atoms with E-state index in [4.69, 9.17) is 11.6 Å². The average molecular weight is 497 g/mol. The van der Waals surface area contributed by atoms with E-state index in [-0.39, 0.29) is 17.8 Å². The minimum atomic E-state index is -0.911. The quantitative estimate of drug-likeness (QED) is 0.501. The predicted octanol–water partition coefficient (Wildman–Crippen LogP) is 5.31. The molecule has 0 saturated carbocycles. The molecule has 2 aromatic carbocycles. The van der Waals surface area contributed by atoms with Crippen molar-refractivity contribution in [2.45, 2.75) is 6.92 Å². The Morgan fingerprint density at radius 2 is 1.89 bits per heavy atom. The molecule has 0 atom stereocenters. The number of carbonyl (C=O) groups is 1. The van der Waals surface area contributed by atoms with E-state index in [1.165, 1.54) is 29.3 Å². The first kappa shape index (κ1) is 24.4. The van der Waals surface area contributed by atoms with Gasteiger partial charge in [-0.2, -0.15) is 5.26 Å². The number of fused-ring (bicyclic) bond motifs is 3. The van der Waals surface area contributed by atoms with Gasteiger partial charge in [0.25, 0.3) is 0 Å². The number of hydrogen-bond acceptors (Lipinski definition) is 5. The number of rotatable bonds is 6. The zero-order valence-electron chi connectivity index (χ0n) is 19.4. The number of aromatic nitrogens is 1. The second-order valence-electron chi connectivity index (χ2n) is 8.01. The number of hydrogen-bond donors (Lipinski definition) is 1. The average Bonchev–Trinajstić information content (AvgIpc) is 2.94. The molecule has 0 bridgehead atoms. The van der Waals surface area contributed by atoms with Gasteiger partial charge >= 0.3 is 6.03 Å². The summed E-state index contributed by atoms with van der Waals surface area (Å²) in [6.07, 6.45) is 1.41. The van der Waals surface area contributed by atoms with Crippen LogP contribution in [-0.4, -0.2) is 44.7 Å². The molecule has 0 unspecified atom stereocenters. The maximum atomic E-state index is 15.6. The first-order valence-corrected chi connectivity index (χ1v) is 11.3. The number of urea groups is 1. The Morgan fingerprint density at radius 1 is 1.17 bits per heavy atom. The molecule has 1 aliphatic heterocycles. The number of nitrogens with zero attached hydrogens (tertiary/aromatic N) is 5. The van der Waals surface area contributed by atoms with Crippen LogP contribution in [0.1, 0.15) is 12.5 Å². The monoisotopic (exact) mass is 496 g/mol. The van der Waals surface area contributed by atoms with Gasteiger partial charge in [-0.15, -0.1) is 0 Å². The number of anilines is 4. The van der Waals surface area contributed by atoms with Crippen LogP contribution in [0.25, 0.3) is 11.1 Å². The molecule has 0 fully saturated rings. The van der Waals surface area contributed by atoms with Crippen molar-refractivity contribution in [3.05, 3.63) is 64.8 Å². The molecule has 2 heterocycles. The molecule has 7 nitrogen and oxygen atoms in total. The van der Waals surface area contributed by atoms with Gasteiger partial charge in [0, 0.05) is 49.7 Å². The van der Waals surface area contributed by atoms with Crippen LogP contribution in [0.3, 0.4) is 0 Å². The Labute approximate surface area is 207 Å². The van der Waals surface area contributed by atoms with Crippen LogP contribution in [-0.2, 0) is 0 Å².